The summed E-state index contributed by atoms with van der Waals surface area (Å²) in [6.07, 6.45) is 3.59. The summed E-state index contributed by atoms with van der Waals surface area (Å²) in [5, 5.41) is 0. The van der Waals surface area contributed by atoms with Gasteiger partial charge in [0.15, 0.2) is 6.29 Å². The van der Waals surface area contributed by atoms with Crippen molar-refractivity contribution in [1.82, 2.24) is 0 Å². The molecule has 2 nitrogen and oxygen atoms in total. The maximum absolute atomic E-state index is 10.6. The second kappa shape index (κ2) is 4.10. The SMILES string of the molecule is CCCc1oc(CC)cc1C=O. The van der Waals surface area contributed by atoms with Crippen LogP contribution in [0.15, 0.2) is 10.5 Å². The van der Waals surface area contributed by atoms with Crippen molar-refractivity contribution in [2.24, 2.45) is 0 Å². The first-order valence-electron chi connectivity index (χ1n) is 4.38. The predicted molar refractivity (Wildman–Crippen MR) is 47.5 cm³/mol. The van der Waals surface area contributed by atoms with Gasteiger partial charge in [0.05, 0.1) is 5.56 Å². The first-order chi connectivity index (χ1) is 5.81. The van der Waals surface area contributed by atoms with Crippen LogP contribution in [0.2, 0.25) is 0 Å². The van der Waals surface area contributed by atoms with E-state index in [0.717, 1.165) is 37.1 Å². The van der Waals surface area contributed by atoms with Crippen LogP contribution in [-0.4, -0.2) is 6.29 Å². The highest BCUT2D eigenvalue weighted by Crippen LogP contribution is 2.15. The molecule has 0 spiro atoms. The van der Waals surface area contributed by atoms with Crippen LogP contribution in [0.3, 0.4) is 0 Å². The number of carbonyl (C=O) groups excluding carboxylic acids is 1. The lowest BCUT2D eigenvalue weighted by atomic mass is 10.2. The van der Waals surface area contributed by atoms with Crippen LogP contribution >= 0.6 is 0 Å². The summed E-state index contributed by atoms with van der Waals surface area (Å²) in [6, 6.07) is 1.83. The van der Waals surface area contributed by atoms with Crippen LogP contribution in [-0.2, 0) is 12.8 Å². The van der Waals surface area contributed by atoms with E-state index in [1.54, 1.807) is 0 Å². The minimum atomic E-state index is 0.716. The molecule has 0 radical (unpaired) electrons. The zero-order valence-electron chi connectivity index (χ0n) is 7.59. The van der Waals surface area contributed by atoms with Crippen LogP contribution in [0.1, 0.15) is 42.1 Å². The second-order valence-electron chi connectivity index (χ2n) is 2.81. The normalized spacial score (nSPS) is 10.2. The summed E-state index contributed by atoms with van der Waals surface area (Å²) >= 11 is 0. The molecule has 0 aliphatic carbocycles. The smallest absolute Gasteiger partial charge is 0.153 e. The number of carbonyl (C=O) groups is 1. The van der Waals surface area contributed by atoms with E-state index in [9.17, 15) is 4.79 Å². The molecule has 2 heteroatoms. The van der Waals surface area contributed by atoms with E-state index in [1.807, 2.05) is 13.0 Å². The molecule has 0 aromatic carbocycles. The van der Waals surface area contributed by atoms with Gasteiger partial charge in [-0.15, -0.1) is 0 Å². The second-order valence-corrected chi connectivity index (χ2v) is 2.81. The first kappa shape index (κ1) is 9.04. The van der Waals surface area contributed by atoms with E-state index in [0.29, 0.717) is 5.56 Å². The van der Waals surface area contributed by atoms with Gasteiger partial charge in [-0.05, 0) is 12.5 Å². The Labute approximate surface area is 72.6 Å². The molecule has 1 rings (SSSR count). The van der Waals surface area contributed by atoms with Gasteiger partial charge >= 0.3 is 0 Å². The third kappa shape index (κ3) is 1.76. The predicted octanol–water partition coefficient (Wildman–Crippen LogP) is 2.61. The van der Waals surface area contributed by atoms with Crippen molar-refractivity contribution in [2.75, 3.05) is 0 Å². The highest BCUT2D eigenvalue weighted by molar-refractivity contribution is 5.76. The molecule has 1 aromatic heterocycles. The molecular formula is C10H14O2. The fourth-order valence-electron chi connectivity index (χ4n) is 1.20. The molecule has 0 unspecified atom stereocenters. The lowest BCUT2D eigenvalue weighted by molar-refractivity contribution is 0.112. The maximum atomic E-state index is 10.6. The largest absolute Gasteiger partial charge is 0.465 e. The molecule has 0 aliphatic heterocycles. The molecule has 12 heavy (non-hydrogen) atoms. The standard InChI is InChI=1S/C10H14O2/c1-3-5-10-8(7-11)6-9(4-2)12-10/h6-7H,3-5H2,1-2H3. The Balaban J connectivity index is 2.91. The zero-order chi connectivity index (χ0) is 8.97. The number of rotatable bonds is 4. The van der Waals surface area contributed by atoms with E-state index in [4.69, 9.17) is 4.42 Å². The third-order valence-corrected chi connectivity index (χ3v) is 1.85. The van der Waals surface area contributed by atoms with Gasteiger partial charge in [-0.3, -0.25) is 4.79 Å². The van der Waals surface area contributed by atoms with E-state index >= 15 is 0 Å². The van der Waals surface area contributed by atoms with Gasteiger partial charge in [-0.25, -0.2) is 0 Å². The molecule has 0 bridgehead atoms. The first-order valence-corrected chi connectivity index (χ1v) is 4.38. The molecule has 0 fully saturated rings. The molecule has 1 heterocycles. The third-order valence-electron chi connectivity index (χ3n) is 1.85. The molecule has 1 aromatic rings. The quantitative estimate of drug-likeness (QED) is 0.643. The van der Waals surface area contributed by atoms with E-state index < -0.39 is 0 Å². The molecule has 0 aliphatic rings. The van der Waals surface area contributed by atoms with Gasteiger partial charge in [-0.2, -0.15) is 0 Å². The highest BCUT2D eigenvalue weighted by Gasteiger charge is 2.07. The van der Waals surface area contributed by atoms with Crippen molar-refractivity contribution in [2.45, 2.75) is 33.1 Å². The Morgan fingerprint density at radius 2 is 2.25 bits per heavy atom. The number of hydrogen-bond donors (Lipinski definition) is 0. The number of furan rings is 1. The Bertz CT molecular complexity index is 261. The molecule has 0 amide bonds. The van der Waals surface area contributed by atoms with Crippen molar-refractivity contribution in [3.63, 3.8) is 0 Å². The Hall–Kier alpha value is -1.05. The summed E-state index contributed by atoms with van der Waals surface area (Å²) in [5.41, 5.74) is 0.716. The van der Waals surface area contributed by atoms with Crippen molar-refractivity contribution < 1.29 is 9.21 Å². The average molecular weight is 166 g/mol. The van der Waals surface area contributed by atoms with E-state index in [-0.39, 0.29) is 0 Å². The Morgan fingerprint density at radius 3 is 2.75 bits per heavy atom. The lowest BCUT2D eigenvalue weighted by Gasteiger charge is -1.92. The summed E-state index contributed by atoms with van der Waals surface area (Å²) in [5.74, 6) is 1.74. The topological polar surface area (TPSA) is 30.2 Å². The molecule has 0 atom stereocenters. The van der Waals surface area contributed by atoms with Crippen LogP contribution in [0, 0.1) is 0 Å². The highest BCUT2D eigenvalue weighted by atomic mass is 16.3. The maximum Gasteiger partial charge on any atom is 0.153 e. The summed E-state index contributed by atoms with van der Waals surface area (Å²) in [7, 11) is 0. The molecule has 0 N–H and O–H groups in total. The van der Waals surface area contributed by atoms with Crippen molar-refractivity contribution >= 4 is 6.29 Å². The Morgan fingerprint density at radius 1 is 1.50 bits per heavy atom. The Kier molecular flexibility index (Phi) is 3.09. The number of hydrogen-bond acceptors (Lipinski definition) is 2. The van der Waals surface area contributed by atoms with Crippen LogP contribution in [0.5, 0.6) is 0 Å². The molecule has 0 saturated heterocycles. The van der Waals surface area contributed by atoms with Crippen molar-refractivity contribution in [3.8, 4) is 0 Å². The van der Waals surface area contributed by atoms with Crippen LogP contribution in [0.4, 0.5) is 0 Å². The molecule has 66 valence electrons. The van der Waals surface area contributed by atoms with Gasteiger partial charge in [-0.1, -0.05) is 13.8 Å². The fourth-order valence-corrected chi connectivity index (χ4v) is 1.20. The zero-order valence-corrected chi connectivity index (χ0v) is 7.59. The number of aldehydes is 1. The minimum Gasteiger partial charge on any atom is -0.465 e. The number of aryl methyl sites for hydroxylation is 2. The fraction of sp³-hybridized carbons (Fsp3) is 0.500. The lowest BCUT2D eigenvalue weighted by Crippen LogP contribution is -1.84. The van der Waals surface area contributed by atoms with Crippen LogP contribution in [0.25, 0.3) is 0 Å². The summed E-state index contributed by atoms with van der Waals surface area (Å²) in [4.78, 5) is 10.6. The minimum absolute atomic E-state index is 0.716. The molecular weight excluding hydrogens is 152 g/mol. The van der Waals surface area contributed by atoms with Crippen molar-refractivity contribution in [3.05, 3.63) is 23.2 Å². The van der Waals surface area contributed by atoms with E-state index in [1.165, 1.54) is 0 Å². The van der Waals surface area contributed by atoms with Gasteiger partial charge in [0.1, 0.15) is 11.5 Å². The molecule has 0 saturated carbocycles. The van der Waals surface area contributed by atoms with Crippen molar-refractivity contribution in [1.29, 1.82) is 0 Å². The van der Waals surface area contributed by atoms with Gasteiger partial charge in [0, 0.05) is 12.8 Å². The van der Waals surface area contributed by atoms with E-state index in [2.05, 4.69) is 6.92 Å². The van der Waals surface area contributed by atoms with Gasteiger partial charge in [0.25, 0.3) is 0 Å². The summed E-state index contributed by atoms with van der Waals surface area (Å²) < 4.78 is 5.46. The summed E-state index contributed by atoms with van der Waals surface area (Å²) in [6.45, 7) is 4.09. The van der Waals surface area contributed by atoms with Gasteiger partial charge in [0.2, 0.25) is 0 Å². The van der Waals surface area contributed by atoms with Gasteiger partial charge < -0.3 is 4.42 Å². The average Bonchev–Trinajstić information content (AvgIpc) is 2.48. The van der Waals surface area contributed by atoms with Crippen LogP contribution < -0.4 is 0 Å². The monoisotopic (exact) mass is 166 g/mol.